The maximum Gasteiger partial charge on any atom is 0.224 e. The van der Waals surface area contributed by atoms with Crippen LogP contribution >= 0.6 is 0 Å². The Kier molecular flexibility index (Phi) is 3.26. The summed E-state index contributed by atoms with van der Waals surface area (Å²) in [6.45, 7) is 0.881. The lowest BCUT2D eigenvalue weighted by atomic mass is 10.1. The van der Waals surface area contributed by atoms with Crippen LogP contribution in [-0.4, -0.2) is 41.1 Å². The molecule has 1 saturated heterocycles. The number of likely N-dealkylation sites (tertiary alicyclic amines) is 1. The van der Waals surface area contributed by atoms with Crippen molar-refractivity contribution in [1.29, 1.82) is 0 Å². The van der Waals surface area contributed by atoms with Crippen LogP contribution in [0.1, 0.15) is 32.1 Å². The Morgan fingerprint density at radius 3 is 2.80 bits per heavy atom. The Hall–Kier alpha value is -0.610. The lowest BCUT2D eigenvalue weighted by molar-refractivity contribution is -0.133. The van der Waals surface area contributed by atoms with Crippen molar-refractivity contribution in [3.05, 3.63) is 0 Å². The largest absolute Gasteiger partial charge is 0.394 e. The molecule has 0 bridgehead atoms. The molecule has 0 aromatic carbocycles. The van der Waals surface area contributed by atoms with Crippen LogP contribution in [0.5, 0.6) is 0 Å². The molecule has 2 atom stereocenters. The Balaban J connectivity index is 1.83. The summed E-state index contributed by atoms with van der Waals surface area (Å²) in [4.78, 5) is 13.7. The topological polar surface area (TPSA) is 66.6 Å². The van der Waals surface area contributed by atoms with Gasteiger partial charge in [0.25, 0.3) is 0 Å². The van der Waals surface area contributed by atoms with E-state index in [-0.39, 0.29) is 24.6 Å². The Morgan fingerprint density at radius 2 is 2.20 bits per heavy atom. The second kappa shape index (κ2) is 4.49. The highest BCUT2D eigenvalue weighted by Gasteiger charge is 2.33. The number of nitrogens with zero attached hydrogens (tertiary/aromatic N) is 1. The molecule has 3 N–H and O–H groups in total. The standard InChI is InChI=1S/C11H20N2O2/c12-10(8-3-4-8)6-11(15)13-5-1-2-9(13)7-14/h8-10,14H,1-7,12H2/t9-,10?/m0/s1. The number of amides is 1. The summed E-state index contributed by atoms with van der Waals surface area (Å²) in [6, 6.07) is 0.0846. The van der Waals surface area contributed by atoms with Crippen molar-refractivity contribution >= 4 is 5.91 Å². The Morgan fingerprint density at radius 1 is 1.47 bits per heavy atom. The van der Waals surface area contributed by atoms with E-state index in [1.807, 2.05) is 4.90 Å². The van der Waals surface area contributed by atoms with Gasteiger partial charge in [0, 0.05) is 19.0 Å². The first-order valence-electron chi connectivity index (χ1n) is 5.88. The quantitative estimate of drug-likeness (QED) is 0.694. The summed E-state index contributed by atoms with van der Waals surface area (Å²) >= 11 is 0. The number of carbonyl (C=O) groups excluding carboxylic acids is 1. The molecule has 1 heterocycles. The molecular weight excluding hydrogens is 192 g/mol. The Bertz CT molecular complexity index is 241. The van der Waals surface area contributed by atoms with Gasteiger partial charge in [-0.2, -0.15) is 0 Å². The van der Waals surface area contributed by atoms with Crippen LogP contribution in [0.2, 0.25) is 0 Å². The van der Waals surface area contributed by atoms with E-state index in [4.69, 9.17) is 10.8 Å². The molecule has 0 radical (unpaired) electrons. The summed E-state index contributed by atoms with van der Waals surface area (Å²) < 4.78 is 0. The van der Waals surface area contributed by atoms with E-state index < -0.39 is 0 Å². The molecule has 1 aliphatic heterocycles. The fourth-order valence-electron chi connectivity index (χ4n) is 2.36. The number of carbonyl (C=O) groups is 1. The van der Waals surface area contributed by atoms with Gasteiger partial charge in [-0.1, -0.05) is 0 Å². The van der Waals surface area contributed by atoms with Crippen LogP contribution < -0.4 is 5.73 Å². The first kappa shape index (κ1) is 10.9. The third kappa shape index (κ3) is 2.49. The van der Waals surface area contributed by atoms with Crippen LogP contribution in [0.15, 0.2) is 0 Å². The van der Waals surface area contributed by atoms with E-state index >= 15 is 0 Å². The summed E-state index contributed by atoms with van der Waals surface area (Å²) in [5.74, 6) is 0.704. The zero-order chi connectivity index (χ0) is 10.8. The minimum atomic E-state index is 0.0393. The fourth-order valence-corrected chi connectivity index (χ4v) is 2.36. The van der Waals surface area contributed by atoms with Crippen molar-refractivity contribution in [3.8, 4) is 0 Å². The van der Waals surface area contributed by atoms with Crippen molar-refractivity contribution in [2.24, 2.45) is 11.7 Å². The third-order valence-electron chi connectivity index (χ3n) is 3.55. The zero-order valence-electron chi connectivity index (χ0n) is 9.06. The third-order valence-corrected chi connectivity index (χ3v) is 3.55. The minimum Gasteiger partial charge on any atom is -0.394 e. The van der Waals surface area contributed by atoms with E-state index in [1.54, 1.807) is 0 Å². The number of hydrogen-bond donors (Lipinski definition) is 2. The van der Waals surface area contributed by atoms with Crippen LogP contribution in [0.3, 0.4) is 0 Å². The van der Waals surface area contributed by atoms with Crippen LogP contribution in [-0.2, 0) is 4.79 Å². The van der Waals surface area contributed by atoms with Crippen molar-refractivity contribution in [3.63, 3.8) is 0 Å². The van der Waals surface area contributed by atoms with E-state index in [2.05, 4.69) is 0 Å². The first-order valence-corrected chi connectivity index (χ1v) is 5.88. The lowest BCUT2D eigenvalue weighted by Gasteiger charge is -2.24. The fraction of sp³-hybridized carbons (Fsp3) is 0.909. The van der Waals surface area contributed by atoms with E-state index in [0.717, 1.165) is 19.4 Å². The highest BCUT2D eigenvalue weighted by atomic mass is 16.3. The second-order valence-electron chi connectivity index (χ2n) is 4.77. The Labute approximate surface area is 90.4 Å². The van der Waals surface area contributed by atoms with Crippen molar-refractivity contribution in [2.75, 3.05) is 13.2 Å². The van der Waals surface area contributed by atoms with Gasteiger partial charge in [0.2, 0.25) is 5.91 Å². The molecule has 2 aliphatic rings. The summed E-state index contributed by atoms with van der Waals surface area (Å²) in [5, 5.41) is 9.12. The molecule has 1 unspecified atom stereocenters. The lowest BCUT2D eigenvalue weighted by Crippen LogP contribution is -2.41. The summed E-state index contributed by atoms with van der Waals surface area (Å²) in [7, 11) is 0. The van der Waals surface area contributed by atoms with E-state index in [1.165, 1.54) is 12.8 Å². The molecule has 0 aromatic rings. The van der Waals surface area contributed by atoms with Gasteiger partial charge in [-0.25, -0.2) is 0 Å². The van der Waals surface area contributed by atoms with Crippen LogP contribution in [0.25, 0.3) is 0 Å². The summed E-state index contributed by atoms with van der Waals surface area (Å²) in [6.07, 6.45) is 4.76. The molecule has 2 fully saturated rings. The van der Waals surface area contributed by atoms with Crippen molar-refractivity contribution in [1.82, 2.24) is 4.90 Å². The smallest absolute Gasteiger partial charge is 0.224 e. The molecule has 86 valence electrons. The molecule has 1 amide bonds. The van der Waals surface area contributed by atoms with E-state index in [9.17, 15) is 4.79 Å². The molecule has 15 heavy (non-hydrogen) atoms. The molecule has 2 rings (SSSR count). The predicted octanol–water partition coefficient (Wildman–Crippen LogP) is 0.0971. The average Bonchev–Trinajstić information content (AvgIpc) is 2.96. The maximum atomic E-state index is 11.9. The molecule has 0 aromatic heterocycles. The van der Waals surface area contributed by atoms with Gasteiger partial charge in [-0.05, 0) is 31.6 Å². The van der Waals surface area contributed by atoms with Gasteiger partial charge in [0.15, 0.2) is 0 Å². The monoisotopic (exact) mass is 212 g/mol. The average molecular weight is 212 g/mol. The first-order chi connectivity index (χ1) is 7.22. The van der Waals surface area contributed by atoms with Crippen molar-refractivity contribution in [2.45, 2.75) is 44.2 Å². The highest BCUT2D eigenvalue weighted by molar-refractivity contribution is 5.77. The van der Waals surface area contributed by atoms with Crippen LogP contribution in [0.4, 0.5) is 0 Å². The van der Waals surface area contributed by atoms with Gasteiger partial charge in [-0.3, -0.25) is 4.79 Å². The zero-order valence-corrected chi connectivity index (χ0v) is 9.06. The van der Waals surface area contributed by atoms with Gasteiger partial charge < -0.3 is 15.7 Å². The SMILES string of the molecule is NC(CC(=O)N1CCC[C@H]1CO)C1CC1. The van der Waals surface area contributed by atoms with Crippen LogP contribution in [0, 0.1) is 5.92 Å². The molecule has 1 saturated carbocycles. The maximum absolute atomic E-state index is 11.9. The minimum absolute atomic E-state index is 0.0393. The second-order valence-corrected chi connectivity index (χ2v) is 4.77. The van der Waals surface area contributed by atoms with Crippen molar-refractivity contribution < 1.29 is 9.90 Å². The van der Waals surface area contributed by atoms with Gasteiger partial charge in [0.05, 0.1) is 12.6 Å². The number of nitrogens with two attached hydrogens (primary N) is 1. The van der Waals surface area contributed by atoms with E-state index in [0.29, 0.717) is 12.3 Å². The molecule has 4 heteroatoms. The number of hydrogen-bond acceptors (Lipinski definition) is 3. The number of aliphatic hydroxyl groups is 1. The number of rotatable bonds is 4. The molecule has 0 spiro atoms. The van der Waals surface area contributed by atoms with Gasteiger partial charge in [0.1, 0.15) is 0 Å². The summed E-state index contributed by atoms with van der Waals surface area (Å²) in [5.41, 5.74) is 5.92. The predicted molar refractivity (Wildman–Crippen MR) is 57.1 cm³/mol. The molecular formula is C11H20N2O2. The molecule has 1 aliphatic carbocycles. The normalized spacial score (nSPS) is 28.1. The molecule has 4 nitrogen and oxygen atoms in total. The van der Waals surface area contributed by atoms with Gasteiger partial charge in [-0.15, -0.1) is 0 Å². The number of aliphatic hydroxyl groups excluding tert-OH is 1. The highest BCUT2D eigenvalue weighted by Crippen LogP contribution is 2.33. The van der Waals surface area contributed by atoms with Gasteiger partial charge >= 0.3 is 0 Å².